The number of ketones is 1. The van der Waals surface area contributed by atoms with E-state index in [9.17, 15) is 4.79 Å². The molecule has 0 spiro atoms. The third-order valence-corrected chi connectivity index (χ3v) is 3.46. The van der Waals surface area contributed by atoms with Gasteiger partial charge < -0.3 is 4.74 Å². The third-order valence-electron chi connectivity index (χ3n) is 3.46. The van der Waals surface area contributed by atoms with Crippen molar-refractivity contribution in [2.75, 3.05) is 0 Å². The van der Waals surface area contributed by atoms with Gasteiger partial charge in [0, 0.05) is 12.0 Å². The predicted octanol–water partition coefficient (Wildman–Crippen LogP) is 3.79. The molecule has 2 nitrogen and oxygen atoms in total. The molecule has 2 atom stereocenters. The van der Waals surface area contributed by atoms with E-state index in [4.69, 9.17) is 4.74 Å². The van der Waals surface area contributed by atoms with Gasteiger partial charge in [-0.3, -0.25) is 4.79 Å². The molecule has 0 amide bonds. The summed E-state index contributed by atoms with van der Waals surface area (Å²) in [6, 6.07) is 19.6. The van der Waals surface area contributed by atoms with Crippen LogP contribution in [-0.4, -0.2) is 11.9 Å². The first kappa shape index (κ1) is 12.1. The fourth-order valence-corrected chi connectivity index (χ4v) is 2.34. The third kappa shape index (κ3) is 2.91. The molecular formula is C17H16O2. The Kier molecular flexibility index (Phi) is 3.43. The van der Waals surface area contributed by atoms with Crippen LogP contribution in [0, 0.1) is 0 Å². The molecule has 1 aliphatic heterocycles. The van der Waals surface area contributed by atoms with Gasteiger partial charge in [-0.15, -0.1) is 0 Å². The van der Waals surface area contributed by atoms with Gasteiger partial charge in [0.15, 0.2) is 5.78 Å². The van der Waals surface area contributed by atoms with Crippen LogP contribution >= 0.6 is 0 Å². The number of hydrogen-bond acceptors (Lipinski definition) is 2. The smallest absolute Gasteiger partial charge is 0.162 e. The van der Waals surface area contributed by atoms with Crippen molar-refractivity contribution in [3.8, 4) is 0 Å². The van der Waals surface area contributed by atoms with Crippen molar-refractivity contribution in [1.29, 1.82) is 0 Å². The summed E-state index contributed by atoms with van der Waals surface area (Å²) in [4.78, 5) is 12.0. The zero-order chi connectivity index (χ0) is 13.1. The molecule has 1 aliphatic rings. The summed E-state index contributed by atoms with van der Waals surface area (Å²) in [6.45, 7) is 0. The SMILES string of the molecule is O=C(CC[C@H]1O[C@H]1c1ccccc1)c1ccccc1. The maximum absolute atomic E-state index is 12.0. The maximum atomic E-state index is 12.0. The van der Waals surface area contributed by atoms with E-state index in [2.05, 4.69) is 12.1 Å². The van der Waals surface area contributed by atoms with Gasteiger partial charge in [0.05, 0.1) is 6.10 Å². The monoisotopic (exact) mass is 252 g/mol. The highest BCUT2D eigenvalue weighted by Gasteiger charge is 2.39. The number of rotatable bonds is 5. The van der Waals surface area contributed by atoms with E-state index in [1.165, 1.54) is 5.56 Å². The highest BCUT2D eigenvalue weighted by molar-refractivity contribution is 5.95. The molecule has 1 fully saturated rings. The number of epoxide rings is 1. The second kappa shape index (κ2) is 5.37. The molecule has 0 aliphatic carbocycles. The van der Waals surface area contributed by atoms with Crippen molar-refractivity contribution in [2.45, 2.75) is 25.0 Å². The first-order valence-electron chi connectivity index (χ1n) is 6.63. The molecule has 0 bridgehead atoms. The lowest BCUT2D eigenvalue weighted by Crippen LogP contribution is -2.01. The van der Waals surface area contributed by atoms with Crippen molar-refractivity contribution in [2.24, 2.45) is 0 Å². The summed E-state index contributed by atoms with van der Waals surface area (Å²) in [5, 5.41) is 0. The zero-order valence-electron chi connectivity index (χ0n) is 10.7. The Balaban J connectivity index is 1.51. The lowest BCUT2D eigenvalue weighted by Gasteiger charge is -1.99. The minimum absolute atomic E-state index is 0.185. The Hall–Kier alpha value is -1.93. The van der Waals surface area contributed by atoms with E-state index in [1.807, 2.05) is 48.5 Å². The van der Waals surface area contributed by atoms with Crippen molar-refractivity contribution >= 4 is 5.78 Å². The van der Waals surface area contributed by atoms with Gasteiger partial charge in [-0.05, 0) is 12.0 Å². The van der Waals surface area contributed by atoms with E-state index >= 15 is 0 Å². The fourth-order valence-electron chi connectivity index (χ4n) is 2.34. The summed E-state index contributed by atoms with van der Waals surface area (Å²) in [6.07, 6.45) is 1.74. The molecule has 1 saturated heterocycles. The Morgan fingerprint density at radius 2 is 1.58 bits per heavy atom. The molecule has 0 radical (unpaired) electrons. The summed E-state index contributed by atoms with van der Waals surface area (Å²) in [7, 11) is 0. The topological polar surface area (TPSA) is 29.6 Å². The number of ether oxygens (including phenoxy) is 1. The van der Waals surface area contributed by atoms with Crippen LogP contribution in [0.1, 0.15) is 34.9 Å². The van der Waals surface area contributed by atoms with Crippen molar-refractivity contribution in [3.63, 3.8) is 0 Å². The number of hydrogen-bond donors (Lipinski definition) is 0. The quantitative estimate of drug-likeness (QED) is 0.598. The Morgan fingerprint density at radius 1 is 0.947 bits per heavy atom. The van der Waals surface area contributed by atoms with Gasteiger partial charge in [0.2, 0.25) is 0 Å². The van der Waals surface area contributed by atoms with Gasteiger partial charge in [-0.2, -0.15) is 0 Å². The molecule has 0 N–H and O–H groups in total. The van der Waals surface area contributed by atoms with Crippen molar-refractivity contribution in [1.82, 2.24) is 0 Å². The molecule has 2 aromatic carbocycles. The zero-order valence-corrected chi connectivity index (χ0v) is 10.7. The van der Waals surface area contributed by atoms with E-state index in [-0.39, 0.29) is 18.0 Å². The molecule has 2 aromatic rings. The lowest BCUT2D eigenvalue weighted by atomic mass is 10.0. The molecule has 0 aromatic heterocycles. The second-order valence-corrected chi connectivity index (χ2v) is 4.83. The number of Topliss-reactive ketones (excluding diaryl/α,β-unsaturated/α-hetero) is 1. The van der Waals surface area contributed by atoms with E-state index < -0.39 is 0 Å². The van der Waals surface area contributed by atoms with Crippen LogP contribution < -0.4 is 0 Å². The molecule has 3 rings (SSSR count). The molecule has 19 heavy (non-hydrogen) atoms. The summed E-state index contributed by atoms with van der Waals surface area (Å²) in [5.74, 6) is 0.197. The summed E-state index contributed by atoms with van der Waals surface area (Å²) >= 11 is 0. The molecule has 0 saturated carbocycles. The minimum atomic E-state index is 0.185. The van der Waals surface area contributed by atoms with Crippen LogP contribution in [0.5, 0.6) is 0 Å². The van der Waals surface area contributed by atoms with Crippen molar-refractivity contribution < 1.29 is 9.53 Å². The largest absolute Gasteiger partial charge is 0.364 e. The Bertz CT molecular complexity index is 548. The van der Waals surface area contributed by atoms with Crippen LogP contribution in [0.3, 0.4) is 0 Å². The van der Waals surface area contributed by atoms with Crippen LogP contribution in [0.2, 0.25) is 0 Å². The van der Waals surface area contributed by atoms with Crippen LogP contribution in [0.25, 0.3) is 0 Å². The summed E-state index contributed by atoms with van der Waals surface area (Å²) in [5.41, 5.74) is 2.00. The van der Waals surface area contributed by atoms with Crippen LogP contribution in [-0.2, 0) is 4.74 Å². The Labute approximate surface area is 113 Å². The molecular weight excluding hydrogens is 236 g/mol. The highest BCUT2D eigenvalue weighted by atomic mass is 16.6. The van der Waals surface area contributed by atoms with Gasteiger partial charge in [0.25, 0.3) is 0 Å². The highest BCUT2D eigenvalue weighted by Crippen LogP contribution is 2.41. The van der Waals surface area contributed by atoms with E-state index in [1.54, 1.807) is 0 Å². The first-order chi connectivity index (χ1) is 9.34. The maximum Gasteiger partial charge on any atom is 0.162 e. The molecule has 96 valence electrons. The van der Waals surface area contributed by atoms with Gasteiger partial charge in [-0.1, -0.05) is 60.7 Å². The van der Waals surface area contributed by atoms with Gasteiger partial charge in [0.1, 0.15) is 6.10 Å². The van der Waals surface area contributed by atoms with Gasteiger partial charge in [-0.25, -0.2) is 0 Å². The van der Waals surface area contributed by atoms with E-state index in [0.29, 0.717) is 6.42 Å². The summed E-state index contributed by atoms with van der Waals surface area (Å²) < 4.78 is 5.64. The van der Waals surface area contributed by atoms with Crippen molar-refractivity contribution in [3.05, 3.63) is 71.8 Å². The number of carbonyl (C=O) groups excluding carboxylic acids is 1. The normalized spacial score (nSPS) is 21.1. The second-order valence-electron chi connectivity index (χ2n) is 4.83. The standard InChI is InChI=1S/C17H16O2/c18-15(13-7-3-1-4-8-13)11-12-16-17(19-16)14-9-5-2-6-10-14/h1-10,16-17H,11-12H2/t16-,17+/m1/s1. The van der Waals surface area contributed by atoms with Crippen LogP contribution in [0.4, 0.5) is 0 Å². The minimum Gasteiger partial charge on any atom is -0.364 e. The molecule has 0 unspecified atom stereocenters. The Morgan fingerprint density at radius 3 is 2.26 bits per heavy atom. The molecule has 1 heterocycles. The molecule has 2 heteroatoms. The fraction of sp³-hybridized carbons (Fsp3) is 0.235. The average Bonchev–Trinajstić information content (AvgIpc) is 3.26. The lowest BCUT2D eigenvalue weighted by molar-refractivity contribution is 0.0976. The van der Waals surface area contributed by atoms with Gasteiger partial charge >= 0.3 is 0 Å². The average molecular weight is 252 g/mol. The van der Waals surface area contributed by atoms with E-state index in [0.717, 1.165) is 12.0 Å². The number of carbonyl (C=O) groups is 1. The predicted molar refractivity (Wildman–Crippen MR) is 74.1 cm³/mol. The van der Waals surface area contributed by atoms with Crippen LogP contribution in [0.15, 0.2) is 60.7 Å². The first-order valence-corrected chi connectivity index (χ1v) is 6.63. The number of benzene rings is 2.